The smallest absolute Gasteiger partial charge is 0.242 e. The van der Waals surface area contributed by atoms with Crippen molar-refractivity contribution >= 4 is 11.8 Å². The van der Waals surface area contributed by atoms with Gasteiger partial charge in [-0.3, -0.25) is 9.59 Å². The van der Waals surface area contributed by atoms with E-state index in [2.05, 4.69) is 13.8 Å². The molecule has 2 aromatic rings. The monoisotopic (exact) mass is 398 g/mol. The number of carbonyl (C=O) groups excluding carboxylic acids is 2. The summed E-state index contributed by atoms with van der Waals surface area (Å²) >= 11 is 0. The van der Waals surface area contributed by atoms with Crippen LogP contribution in [0.3, 0.4) is 0 Å². The number of benzene rings is 1. The highest BCUT2D eigenvalue weighted by atomic mass is 16.3. The van der Waals surface area contributed by atoms with Crippen molar-refractivity contribution in [2.45, 2.75) is 54.1 Å². The third-order valence-corrected chi connectivity index (χ3v) is 4.56. The molecule has 0 aliphatic heterocycles. The van der Waals surface area contributed by atoms with Gasteiger partial charge >= 0.3 is 0 Å². The van der Waals surface area contributed by atoms with E-state index in [4.69, 9.17) is 4.42 Å². The predicted octanol–water partition coefficient (Wildman–Crippen LogP) is 4.65. The fraction of sp³-hybridized carbons (Fsp3) is 0.500. The van der Waals surface area contributed by atoms with Gasteiger partial charge in [0.1, 0.15) is 11.5 Å². The third-order valence-electron chi connectivity index (χ3n) is 4.56. The van der Waals surface area contributed by atoms with Gasteiger partial charge in [0, 0.05) is 19.5 Å². The maximum Gasteiger partial charge on any atom is 0.242 e. The average Bonchev–Trinajstić information content (AvgIpc) is 3.05. The number of furan rings is 1. The zero-order valence-electron chi connectivity index (χ0n) is 18.4. The van der Waals surface area contributed by atoms with Crippen LogP contribution in [0.25, 0.3) is 0 Å². The molecule has 1 aromatic carbocycles. The van der Waals surface area contributed by atoms with Gasteiger partial charge < -0.3 is 14.2 Å². The fourth-order valence-corrected chi connectivity index (χ4v) is 3.23. The molecule has 0 aliphatic rings. The van der Waals surface area contributed by atoms with Crippen LogP contribution in [-0.4, -0.2) is 34.7 Å². The highest BCUT2D eigenvalue weighted by Crippen LogP contribution is 2.15. The maximum absolute atomic E-state index is 13.2. The van der Waals surface area contributed by atoms with E-state index in [1.807, 2.05) is 63.2 Å². The standard InChI is InChI=1S/C24H34N2O3/c1-18(2)13-23(27)25(14-19(3)4)17-24(28)26(15-21-9-7-6-8-10-21)16-22-12-11-20(5)29-22/h6-12,18-19H,13-17H2,1-5H3. The van der Waals surface area contributed by atoms with Gasteiger partial charge in [-0.25, -0.2) is 0 Å². The Bertz CT molecular complexity index is 780. The van der Waals surface area contributed by atoms with Crippen molar-refractivity contribution in [3.05, 3.63) is 59.5 Å². The lowest BCUT2D eigenvalue weighted by Crippen LogP contribution is -2.44. The van der Waals surface area contributed by atoms with Gasteiger partial charge in [0.25, 0.3) is 0 Å². The van der Waals surface area contributed by atoms with Gasteiger partial charge in [0.05, 0.1) is 13.1 Å². The summed E-state index contributed by atoms with van der Waals surface area (Å²) in [6.45, 7) is 11.6. The van der Waals surface area contributed by atoms with Crippen molar-refractivity contribution in [1.82, 2.24) is 9.80 Å². The van der Waals surface area contributed by atoms with Crippen molar-refractivity contribution < 1.29 is 14.0 Å². The summed E-state index contributed by atoms with van der Waals surface area (Å²) in [7, 11) is 0. The van der Waals surface area contributed by atoms with Crippen molar-refractivity contribution in [3.8, 4) is 0 Å². The van der Waals surface area contributed by atoms with Gasteiger partial charge in [-0.2, -0.15) is 0 Å². The van der Waals surface area contributed by atoms with Crippen LogP contribution in [0.2, 0.25) is 0 Å². The largest absolute Gasteiger partial charge is 0.464 e. The second-order valence-corrected chi connectivity index (χ2v) is 8.51. The molecule has 0 aliphatic carbocycles. The lowest BCUT2D eigenvalue weighted by atomic mass is 10.1. The molecule has 0 bridgehead atoms. The normalized spacial score (nSPS) is 11.1. The van der Waals surface area contributed by atoms with Gasteiger partial charge in [-0.1, -0.05) is 58.0 Å². The zero-order valence-corrected chi connectivity index (χ0v) is 18.4. The molecule has 0 saturated carbocycles. The van der Waals surface area contributed by atoms with Crippen LogP contribution in [-0.2, 0) is 22.7 Å². The first kappa shape index (κ1) is 22.7. The Morgan fingerprint density at radius 2 is 1.55 bits per heavy atom. The summed E-state index contributed by atoms with van der Waals surface area (Å²) in [6.07, 6.45) is 0.454. The van der Waals surface area contributed by atoms with Crippen LogP contribution in [0.1, 0.15) is 51.2 Å². The quantitative estimate of drug-likeness (QED) is 0.585. The van der Waals surface area contributed by atoms with Crippen LogP contribution in [0, 0.1) is 18.8 Å². The fourth-order valence-electron chi connectivity index (χ4n) is 3.23. The van der Waals surface area contributed by atoms with Crippen molar-refractivity contribution in [3.63, 3.8) is 0 Å². The molecule has 1 aromatic heterocycles. The zero-order chi connectivity index (χ0) is 21.4. The van der Waals surface area contributed by atoms with Crippen LogP contribution in [0.5, 0.6) is 0 Å². The van der Waals surface area contributed by atoms with Crippen LogP contribution >= 0.6 is 0 Å². The predicted molar refractivity (Wildman–Crippen MR) is 115 cm³/mol. The summed E-state index contributed by atoms with van der Waals surface area (Å²) in [5, 5.41) is 0. The summed E-state index contributed by atoms with van der Waals surface area (Å²) in [5.41, 5.74) is 1.05. The van der Waals surface area contributed by atoms with Gasteiger partial charge in [-0.05, 0) is 36.5 Å². The first-order valence-electron chi connectivity index (χ1n) is 10.4. The van der Waals surface area contributed by atoms with E-state index in [9.17, 15) is 9.59 Å². The molecule has 5 nitrogen and oxygen atoms in total. The summed E-state index contributed by atoms with van der Waals surface area (Å²) in [5.74, 6) is 2.10. The number of nitrogens with zero attached hydrogens (tertiary/aromatic N) is 2. The minimum atomic E-state index is -0.0688. The molecule has 1 heterocycles. The van der Waals surface area contributed by atoms with Crippen LogP contribution in [0.15, 0.2) is 46.9 Å². The molecule has 0 spiro atoms. The lowest BCUT2D eigenvalue weighted by molar-refractivity contribution is -0.142. The highest BCUT2D eigenvalue weighted by molar-refractivity contribution is 5.85. The third kappa shape index (κ3) is 7.76. The van der Waals surface area contributed by atoms with Gasteiger partial charge in [0.2, 0.25) is 11.8 Å². The first-order valence-corrected chi connectivity index (χ1v) is 10.4. The van der Waals surface area contributed by atoms with E-state index < -0.39 is 0 Å². The molecule has 0 radical (unpaired) electrons. The summed E-state index contributed by atoms with van der Waals surface area (Å²) in [4.78, 5) is 29.4. The number of aryl methyl sites for hydroxylation is 1. The van der Waals surface area contributed by atoms with E-state index in [1.54, 1.807) is 9.80 Å². The molecule has 158 valence electrons. The molecule has 0 fully saturated rings. The molecular formula is C24H34N2O3. The number of hydrogen-bond acceptors (Lipinski definition) is 3. The van der Waals surface area contributed by atoms with E-state index in [1.165, 1.54) is 0 Å². The van der Waals surface area contributed by atoms with Gasteiger partial charge in [0.15, 0.2) is 0 Å². The Hall–Kier alpha value is -2.56. The molecule has 2 rings (SSSR count). The van der Waals surface area contributed by atoms with Crippen LogP contribution < -0.4 is 0 Å². The summed E-state index contributed by atoms with van der Waals surface area (Å²) in [6, 6.07) is 13.7. The Balaban J connectivity index is 2.17. The van der Waals surface area contributed by atoms with E-state index in [0.717, 1.165) is 17.1 Å². The number of carbonyl (C=O) groups is 2. The van der Waals surface area contributed by atoms with Crippen molar-refractivity contribution in [2.75, 3.05) is 13.1 Å². The average molecular weight is 399 g/mol. The SMILES string of the molecule is Cc1ccc(CN(Cc2ccccc2)C(=O)CN(CC(C)C)C(=O)CC(C)C)o1. The number of rotatable bonds is 10. The molecule has 0 atom stereocenters. The molecule has 5 heteroatoms. The number of hydrogen-bond donors (Lipinski definition) is 0. The Labute approximate surface area is 174 Å². The molecular weight excluding hydrogens is 364 g/mol. The summed E-state index contributed by atoms with van der Waals surface area (Å²) < 4.78 is 5.70. The Kier molecular flexibility index (Phi) is 8.50. The molecule has 29 heavy (non-hydrogen) atoms. The Morgan fingerprint density at radius 1 is 0.862 bits per heavy atom. The molecule has 0 saturated heterocycles. The van der Waals surface area contributed by atoms with Gasteiger partial charge in [-0.15, -0.1) is 0 Å². The minimum Gasteiger partial charge on any atom is -0.464 e. The number of amides is 2. The molecule has 0 unspecified atom stereocenters. The Morgan fingerprint density at radius 3 is 2.10 bits per heavy atom. The lowest BCUT2D eigenvalue weighted by Gasteiger charge is -2.29. The minimum absolute atomic E-state index is 0.0376. The van der Waals surface area contributed by atoms with E-state index in [-0.39, 0.29) is 24.3 Å². The topological polar surface area (TPSA) is 53.8 Å². The molecule has 2 amide bonds. The van der Waals surface area contributed by atoms with Crippen molar-refractivity contribution in [1.29, 1.82) is 0 Å². The van der Waals surface area contributed by atoms with Crippen LogP contribution in [0.4, 0.5) is 0 Å². The second-order valence-electron chi connectivity index (χ2n) is 8.51. The molecule has 0 N–H and O–H groups in total. The van der Waals surface area contributed by atoms with Crippen molar-refractivity contribution in [2.24, 2.45) is 11.8 Å². The first-order chi connectivity index (χ1) is 13.7. The van der Waals surface area contributed by atoms with E-state index >= 15 is 0 Å². The second kappa shape index (κ2) is 10.8. The maximum atomic E-state index is 13.2. The van der Waals surface area contributed by atoms with E-state index in [0.29, 0.717) is 32.0 Å². The highest BCUT2D eigenvalue weighted by Gasteiger charge is 2.23.